The smallest absolute Gasteiger partial charge is 0.307 e. The molecule has 106 valence electrons. The van der Waals surface area contributed by atoms with Crippen LogP contribution in [0.2, 0.25) is 0 Å². The van der Waals surface area contributed by atoms with E-state index in [-0.39, 0.29) is 17.7 Å². The van der Waals surface area contributed by atoms with Gasteiger partial charge < -0.3 is 14.8 Å². The first-order valence-corrected chi connectivity index (χ1v) is 6.02. The zero-order valence-corrected chi connectivity index (χ0v) is 11.9. The summed E-state index contributed by atoms with van der Waals surface area (Å²) in [5.41, 5.74) is -1.10. The van der Waals surface area contributed by atoms with Crippen LogP contribution in [0.15, 0.2) is 10.6 Å². The topological polar surface area (TPSA) is 92.4 Å². The van der Waals surface area contributed by atoms with E-state index in [2.05, 4.69) is 10.3 Å². The molecule has 1 rings (SSSR count). The van der Waals surface area contributed by atoms with Crippen LogP contribution in [0.5, 0.6) is 0 Å². The monoisotopic (exact) mass is 268 g/mol. The van der Waals surface area contributed by atoms with Crippen LogP contribution in [0.4, 0.5) is 0 Å². The Morgan fingerprint density at radius 1 is 1.32 bits per heavy atom. The highest BCUT2D eigenvalue weighted by molar-refractivity contribution is 5.90. The number of carboxylic acid groups (broad SMARTS) is 1. The molecule has 1 aromatic heterocycles. The maximum Gasteiger partial charge on any atom is 0.307 e. The van der Waals surface area contributed by atoms with E-state index < -0.39 is 17.4 Å². The number of rotatable bonds is 4. The van der Waals surface area contributed by atoms with Crippen molar-refractivity contribution in [1.29, 1.82) is 0 Å². The average molecular weight is 268 g/mol. The van der Waals surface area contributed by atoms with Crippen LogP contribution in [-0.2, 0) is 10.2 Å². The molecule has 0 aliphatic heterocycles. The zero-order valence-electron chi connectivity index (χ0n) is 11.9. The summed E-state index contributed by atoms with van der Waals surface area (Å²) in [6, 6.07) is 0. The van der Waals surface area contributed by atoms with Crippen molar-refractivity contribution in [3.63, 3.8) is 0 Å². The van der Waals surface area contributed by atoms with Gasteiger partial charge in [-0.15, -0.1) is 0 Å². The van der Waals surface area contributed by atoms with Gasteiger partial charge in [0.2, 0.25) is 0 Å². The van der Waals surface area contributed by atoms with Crippen molar-refractivity contribution in [3.05, 3.63) is 17.8 Å². The number of amides is 1. The minimum Gasteiger partial charge on any atom is -0.481 e. The van der Waals surface area contributed by atoms with Crippen molar-refractivity contribution >= 4 is 11.9 Å². The summed E-state index contributed by atoms with van der Waals surface area (Å²) >= 11 is 0. The van der Waals surface area contributed by atoms with Crippen LogP contribution in [0, 0.1) is 0 Å². The molecule has 1 heterocycles. The second-order valence-corrected chi connectivity index (χ2v) is 6.19. The van der Waals surface area contributed by atoms with E-state index in [1.807, 2.05) is 20.8 Å². The average Bonchev–Trinajstić information content (AvgIpc) is 2.61. The Labute approximate surface area is 112 Å². The number of nitrogens with one attached hydrogen (secondary N) is 1. The molecule has 0 fully saturated rings. The van der Waals surface area contributed by atoms with E-state index >= 15 is 0 Å². The normalized spacial score (nSPS) is 12.3. The van der Waals surface area contributed by atoms with Gasteiger partial charge in [-0.1, -0.05) is 20.8 Å². The first-order chi connectivity index (χ1) is 8.51. The molecule has 1 aromatic rings. The van der Waals surface area contributed by atoms with Crippen molar-refractivity contribution in [2.75, 3.05) is 0 Å². The molecule has 19 heavy (non-hydrogen) atoms. The summed E-state index contributed by atoms with van der Waals surface area (Å²) in [5, 5.41) is 11.3. The van der Waals surface area contributed by atoms with Gasteiger partial charge in [0.25, 0.3) is 5.89 Å². The summed E-state index contributed by atoms with van der Waals surface area (Å²) < 4.78 is 5.39. The van der Waals surface area contributed by atoms with Gasteiger partial charge in [-0.25, -0.2) is 4.98 Å². The predicted octanol–water partition coefficient (Wildman–Crippen LogP) is 1.96. The van der Waals surface area contributed by atoms with Crippen molar-refractivity contribution in [2.24, 2.45) is 0 Å². The third kappa shape index (κ3) is 4.39. The number of hydrogen-bond acceptors (Lipinski definition) is 4. The first-order valence-electron chi connectivity index (χ1n) is 6.02. The quantitative estimate of drug-likeness (QED) is 0.870. The summed E-state index contributed by atoms with van der Waals surface area (Å²) in [6.45, 7) is 9.11. The molecule has 0 unspecified atom stereocenters. The summed E-state index contributed by atoms with van der Waals surface area (Å²) in [5.74, 6) is -0.938. The molecular formula is C13H20N2O4. The Morgan fingerprint density at radius 3 is 2.32 bits per heavy atom. The highest BCUT2D eigenvalue weighted by Crippen LogP contribution is 2.22. The molecule has 0 saturated carbocycles. The molecule has 0 radical (unpaired) electrons. The fourth-order valence-corrected chi connectivity index (χ4v) is 1.51. The molecule has 0 atom stereocenters. The maximum absolute atomic E-state index is 11.9. The van der Waals surface area contributed by atoms with Gasteiger partial charge in [0, 0.05) is 11.0 Å². The van der Waals surface area contributed by atoms with Gasteiger partial charge in [-0.2, -0.15) is 0 Å². The number of aromatic nitrogens is 1. The van der Waals surface area contributed by atoms with Gasteiger partial charge in [0.05, 0.1) is 12.6 Å². The van der Waals surface area contributed by atoms with Crippen LogP contribution < -0.4 is 5.32 Å². The molecule has 0 saturated heterocycles. The lowest BCUT2D eigenvalue weighted by atomic mass is 9.94. The second kappa shape index (κ2) is 5.03. The largest absolute Gasteiger partial charge is 0.481 e. The van der Waals surface area contributed by atoms with Crippen LogP contribution in [-0.4, -0.2) is 27.5 Å². The Kier molecular flexibility index (Phi) is 4.03. The lowest BCUT2D eigenvalue weighted by Gasteiger charge is -2.23. The molecule has 0 spiro atoms. The maximum atomic E-state index is 11.9. The minimum absolute atomic E-state index is 0.0524. The number of oxazole rings is 1. The van der Waals surface area contributed by atoms with Crippen LogP contribution in [0.25, 0.3) is 0 Å². The standard InChI is InChI=1S/C13H20N2O4/c1-12(2,3)8-7-14-11(19-8)10(18)15-13(4,5)6-9(16)17/h7H,6H2,1-5H3,(H,15,18)(H,16,17). The van der Waals surface area contributed by atoms with Crippen LogP contribution in [0.1, 0.15) is 57.5 Å². The van der Waals surface area contributed by atoms with E-state index in [4.69, 9.17) is 9.52 Å². The van der Waals surface area contributed by atoms with Gasteiger partial charge in [-0.05, 0) is 13.8 Å². The number of hydrogen-bond donors (Lipinski definition) is 2. The predicted molar refractivity (Wildman–Crippen MR) is 69.0 cm³/mol. The van der Waals surface area contributed by atoms with E-state index in [9.17, 15) is 9.59 Å². The number of carboxylic acids is 1. The van der Waals surface area contributed by atoms with Gasteiger partial charge in [0.1, 0.15) is 5.76 Å². The third-order valence-corrected chi connectivity index (χ3v) is 2.48. The molecule has 6 nitrogen and oxygen atoms in total. The zero-order chi connectivity index (χ0) is 14.8. The van der Waals surface area contributed by atoms with Crippen LogP contribution in [0.3, 0.4) is 0 Å². The molecule has 0 aromatic carbocycles. The second-order valence-electron chi connectivity index (χ2n) is 6.19. The number of nitrogens with zero attached hydrogens (tertiary/aromatic N) is 1. The Morgan fingerprint density at radius 2 is 1.89 bits per heavy atom. The number of carbonyl (C=O) groups excluding carboxylic acids is 1. The molecule has 0 aliphatic rings. The SMILES string of the molecule is CC(C)(CC(=O)O)NC(=O)c1ncc(C(C)(C)C)o1. The van der Waals surface area contributed by atoms with E-state index in [0.717, 1.165) is 0 Å². The van der Waals surface area contributed by atoms with Crippen molar-refractivity contribution < 1.29 is 19.1 Å². The third-order valence-electron chi connectivity index (χ3n) is 2.48. The van der Waals surface area contributed by atoms with Crippen molar-refractivity contribution in [3.8, 4) is 0 Å². The van der Waals surface area contributed by atoms with Crippen molar-refractivity contribution in [2.45, 2.75) is 52.0 Å². The van der Waals surface area contributed by atoms with Crippen LogP contribution >= 0.6 is 0 Å². The first kappa shape index (κ1) is 15.2. The molecule has 6 heteroatoms. The fourth-order valence-electron chi connectivity index (χ4n) is 1.51. The number of carbonyl (C=O) groups is 2. The summed E-state index contributed by atoms with van der Waals surface area (Å²) in [6.07, 6.45) is 1.34. The van der Waals surface area contributed by atoms with E-state index in [0.29, 0.717) is 5.76 Å². The number of aliphatic carboxylic acids is 1. The lowest BCUT2D eigenvalue weighted by molar-refractivity contribution is -0.138. The molecule has 2 N–H and O–H groups in total. The Hall–Kier alpha value is -1.85. The summed E-state index contributed by atoms with van der Waals surface area (Å²) in [4.78, 5) is 26.5. The van der Waals surface area contributed by atoms with Gasteiger partial charge >= 0.3 is 11.9 Å². The molecule has 0 bridgehead atoms. The van der Waals surface area contributed by atoms with Gasteiger partial charge in [0.15, 0.2) is 0 Å². The Bertz CT molecular complexity index is 483. The van der Waals surface area contributed by atoms with Crippen molar-refractivity contribution in [1.82, 2.24) is 10.3 Å². The molecular weight excluding hydrogens is 248 g/mol. The highest BCUT2D eigenvalue weighted by Gasteiger charge is 2.27. The van der Waals surface area contributed by atoms with Gasteiger partial charge in [-0.3, -0.25) is 9.59 Å². The summed E-state index contributed by atoms with van der Waals surface area (Å²) in [7, 11) is 0. The highest BCUT2D eigenvalue weighted by atomic mass is 16.4. The molecule has 1 amide bonds. The fraction of sp³-hybridized carbons (Fsp3) is 0.615. The van der Waals surface area contributed by atoms with E-state index in [1.165, 1.54) is 6.20 Å². The minimum atomic E-state index is -0.979. The lowest BCUT2D eigenvalue weighted by Crippen LogP contribution is -2.45. The Balaban J connectivity index is 2.79. The van der Waals surface area contributed by atoms with E-state index in [1.54, 1.807) is 13.8 Å². The molecule has 0 aliphatic carbocycles.